The summed E-state index contributed by atoms with van der Waals surface area (Å²) in [6.07, 6.45) is 2.15. The second-order valence-electron chi connectivity index (χ2n) is 6.54. The Hall–Kier alpha value is -0.650. The molecular formula is C15H32N4O. The molecule has 118 valence electrons. The summed E-state index contributed by atoms with van der Waals surface area (Å²) in [5.41, 5.74) is 5.88. The lowest BCUT2D eigenvalue weighted by molar-refractivity contribution is -0.123. The molecule has 0 aliphatic carbocycles. The fourth-order valence-electron chi connectivity index (χ4n) is 2.67. The summed E-state index contributed by atoms with van der Waals surface area (Å²) in [7, 11) is 0. The van der Waals surface area contributed by atoms with E-state index in [-0.39, 0.29) is 17.5 Å². The van der Waals surface area contributed by atoms with Gasteiger partial charge in [0.2, 0.25) is 5.91 Å². The molecule has 0 bridgehead atoms. The van der Waals surface area contributed by atoms with Crippen molar-refractivity contribution in [1.82, 2.24) is 15.1 Å². The number of carbonyl (C=O) groups is 1. The van der Waals surface area contributed by atoms with E-state index in [1.54, 1.807) is 0 Å². The predicted octanol–water partition coefficient (Wildman–Crippen LogP) is 0.646. The summed E-state index contributed by atoms with van der Waals surface area (Å²) in [5.74, 6) is 0.150. The summed E-state index contributed by atoms with van der Waals surface area (Å²) >= 11 is 0. The van der Waals surface area contributed by atoms with Gasteiger partial charge in [0, 0.05) is 44.3 Å². The minimum Gasteiger partial charge on any atom is -0.353 e. The van der Waals surface area contributed by atoms with E-state index in [0.29, 0.717) is 13.1 Å². The van der Waals surface area contributed by atoms with E-state index in [1.165, 1.54) is 0 Å². The summed E-state index contributed by atoms with van der Waals surface area (Å²) in [6, 6.07) is 0.282. The zero-order chi connectivity index (χ0) is 15.2. The quantitative estimate of drug-likeness (QED) is 0.720. The number of hydrogen-bond acceptors (Lipinski definition) is 4. The van der Waals surface area contributed by atoms with E-state index >= 15 is 0 Å². The minimum absolute atomic E-state index is 0.0595. The fraction of sp³-hybridized carbons (Fsp3) is 0.933. The molecule has 1 rings (SSSR count). The molecule has 1 aliphatic heterocycles. The molecule has 5 heteroatoms. The first kappa shape index (κ1) is 17.4. The molecule has 0 spiro atoms. The lowest BCUT2D eigenvalue weighted by Gasteiger charge is -2.43. The van der Waals surface area contributed by atoms with Gasteiger partial charge >= 0.3 is 0 Å². The van der Waals surface area contributed by atoms with Crippen molar-refractivity contribution >= 4 is 5.91 Å². The highest BCUT2D eigenvalue weighted by Gasteiger charge is 2.29. The Bertz CT molecular complexity index is 298. The average Bonchev–Trinajstić information content (AvgIpc) is 2.39. The normalized spacial score (nSPS) is 19.9. The van der Waals surface area contributed by atoms with Crippen LogP contribution in [-0.2, 0) is 4.79 Å². The molecule has 1 heterocycles. The second kappa shape index (κ2) is 7.96. The maximum absolute atomic E-state index is 11.9. The van der Waals surface area contributed by atoms with Crippen molar-refractivity contribution in [3.05, 3.63) is 0 Å². The molecule has 0 aromatic heterocycles. The number of nitrogens with two attached hydrogens (primary N) is 1. The molecule has 1 unspecified atom stereocenters. The van der Waals surface area contributed by atoms with Crippen molar-refractivity contribution in [3.63, 3.8) is 0 Å². The van der Waals surface area contributed by atoms with Crippen LogP contribution < -0.4 is 11.1 Å². The Balaban J connectivity index is 2.30. The maximum atomic E-state index is 11.9. The first-order chi connectivity index (χ1) is 9.39. The highest BCUT2D eigenvalue weighted by Crippen LogP contribution is 2.15. The van der Waals surface area contributed by atoms with Crippen molar-refractivity contribution in [1.29, 1.82) is 0 Å². The third-order valence-electron chi connectivity index (χ3n) is 4.22. The standard InChI is InChI=1S/C15H32N4O/c1-5-6-13(2)17-14(20)11-18-7-9-19(10-8-18)15(3,4)12-16/h13H,5-12,16H2,1-4H3,(H,17,20). The van der Waals surface area contributed by atoms with E-state index in [2.05, 4.69) is 42.8 Å². The van der Waals surface area contributed by atoms with Crippen LogP contribution in [0.2, 0.25) is 0 Å². The molecule has 1 fully saturated rings. The van der Waals surface area contributed by atoms with Crippen molar-refractivity contribution in [2.75, 3.05) is 39.3 Å². The molecule has 0 aromatic rings. The van der Waals surface area contributed by atoms with Crippen LogP contribution in [0.15, 0.2) is 0 Å². The van der Waals surface area contributed by atoms with Crippen molar-refractivity contribution in [3.8, 4) is 0 Å². The Morgan fingerprint density at radius 1 is 1.30 bits per heavy atom. The summed E-state index contributed by atoms with van der Waals surface area (Å²) in [6.45, 7) is 13.6. The number of hydrogen-bond donors (Lipinski definition) is 2. The van der Waals surface area contributed by atoms with Gasteiger partial charge in [-0.1, -0.05) is 13.3 Å². The lowest BCUT2D eigenvalue weighted by Crippen LogP contribution is -2.58. The summed E-state index contributed by atoms with van der Waals surface area (Å²) in [5, 5.41) is 3.07. The third kappa shape index (κ3) is 5.38. The van der Waals surface area contributed by atoms with Crippen LogP contribution in [0.5, 0.6) is 0 Å². The smallest absolute Gasteiger partial charge is 0.234 e. The van der Waals surface area contributed by atoms with E-state index in [0.717, 1.165) is 39.0 Å². The van der Waals surface area contributed by atoms with Crippen molar-refractivity contribution in [2.24, 2.45) is 5.73 Å². The van der Waals surface area contributed by atoms with Gasteiger partial charge in [0.1, 0.15) is 0 Å². The highest BCUT2D eigenvalue weighted by atomic mass is 16.2. The van der Waals surface area contributed by atoms with Crippen LogP contribution in [0.1, 0.15) is 40.5 Å². The van der Waals surface area contributed by atoms with Gasteiger partial charge in [0.25, 0.3) is 0 Å². The molecule has 5 nitrogen and oxygen atoms in total. The Morgan fingerprint density at radius 2 is 1.90 bits per heavy atom. The average molecular weight is 284 g/mol. The van der Waals surface area contributed by atoms with Crippen LogP contribution in [-0.4, -0.2) is 66.6 Å². The molecular weight excluding hydrogens is 252 g/mol. The van der Waals surface area contributed by atoms with Gasteiger partial charge in [-0.15, -0.1) is 0 Å². The van der Waals surface area contributed by atoms with E-state index in [1.807, 2.05) is 0 Å². The van der Waals surface area contributed by atoms with Crippen LogP contribution in [0.4, 0.5) is 0 Å². The number of rotatable bonds is 7. The van der Waals surface area contributed by atoms with Gasteiger partial charge in [-0.25, -0.2) is 0 Å². The SMILES string of the molecule is CCCC(C)NC(=O)CN1CCN(C(C)(C)CN)CC1. The van der Waals surface area contributed by atoms with E-state index in [9.17, 15) is 4.79 Å². The monoisotopic (exact) mass is 284 g/mol. The molecule has 0 aromatic carbocycles. The third-order valence-corrected chi connectivity index (χ3v) is 4.22. The van der Waals surface area contributed by atoms with Crippen LogP contribution in [0.25, 0.3) is 0 Å². The molecule has 1 atom stereocenters. The molecule has 1 amide bonds. The molecule has 3 N–H and O–H groups in total. The Kier molecular flexibility index (Phi) is 6.92. The van der Waals surface area contributed by atoms with Gasteiger partial charge in [-0.05, 0) is 27.2 Å². The molecule has 1 saturated heterocycles. The number of amides is 1. The van der Waals surface area contributed by atoms with Crippen molar-refractivity contribution < 1.29 is 4.79 Å². The van der Waals surface area contributed by atoms with E-state index in [4.69, 9.17) is 5.73 Å². The van der Waals surface area contributed by atoms with Gasteiger partial charge in [-0.3, -0.25) is 14.6 Å². The van der Waals surface area contributed by atoms with Gasteiger partial charge in [0.15, 0.2) is 0 Å². The van der Waals surface area contributed by atoms with E-state index < -0.39 is 0 Å². The molecule has 0 saturated carbocycles. The maximum Gasteiger partial charge on any atom is 0.234 e. The number of piperazine rings is 1. The molecule has 1 aliphatic rings. The zero-order valence-corrected chi connectivity index (χ0v) is 13.6. The predicted molar refractivity (Wildman–Crippen MR) is 83.7 cm³/mol. The Morgan fingerprint density at radius 3 is 2.40 bits per heavy atom. The summed E-state index contributed by atoms with van der Waals surface area (Å²) in [4.78, 5) is 16.6. The molecule has 20 heavy (non-hydrogen) atoms. The van der Waals surface area contributed by atoms with Crippen molar-refractivity contribution in [2.45, 2.75) is 52.1 Å². The van der Waals surface area contributed by atoms with Gasteiger partial charge in [-0.2, -0.15) is 0 Å². The number of nitrogens with one attached hydrogen (secondary N) is 1. The second-order valence-corrected chi connectivity index (χ2v) is 6.54. The topological polar surface area (TPSA) is 61.6 Å². The zero-order valence-electron chi connectivity index (χ0n) is 13.6. The number of nitrogens with zero attached hydrogens (tertiary/aromatic N) is 2. The van der Waals surface area contributed by atoms with Crippen LogP contribution in [0.3, 0.4) is 0 Å². The first-order valence-corrected chi connectivity index (χ1v) is 7.86. The Labute approximate surface area is 123 Å². The number of carbonyl (C=O) groups excluding carboxylic acids is 1. The van der Waals surface area contributed by atoms with Crippen LogP contribution in [0, 0.1) is 0 Å². The minimum atomic E-state index is 0.0595. The fourth-order valence-corrected chi connectivity index (χ4v) is 2.67. The largest absolute Gasteiger partial charge is 0.353 e. The summed E-state index contributed by atoms with van der Waals surface area (Å²) < 4.78 is 0. The highest BCUT2D eigenvalue weighted by molar-refractivity contribution is 5.78. The lowest BCUT2D eigenvalue weighted by atomic mass is 10.0. The molecule has 0 radical (unpaired) electrons. The van der Waals surface area contributed by atoms with Gasteiger partial charge in [0.05, 0.1) is 6.54 Å². The van der Waals surface area contributed by atoms with Gasteiger partial charge < -0.3 is 11.1 Å². The van der Waals surface area contributed by atoms with Crippen LogP contribution >= 0.6 is 0 Å². The first-order valence-electron chi connectivity index (χ1n) is 7.86.